The van der Waals surface area contributed by atoms with Gasteiger partial charge in [0.2, 0.25) is 0 Å². The van der Waals surface area contributed by atoms with Gasteiger partial charge >= 0.3 is 0 Å². The van der Waals surface area contributed by atoms with Gasteiger partial charge in [-0.2, -0.15) is 0 Å². The second-order valence-corrected chi connectivity index (χ2v) is 7.75. The number of nitrogens with zero attached hydrogens (tertiary/aromatic N) is 5. The van der Waals surface area contributed by atoms with Gasteiger partial charge in [0.05, 0.1) is 17.4 Å². The molecule has 1 aromatic carbocycles. The summed E-state index contributed by atoms with van der Waals surface area (Å²) in [7, 11) is 0. The molecule has 1 aliphatic heterocycles. The first kappa shape index (κ1) is 18.1. The third-order valence-corrected chi connectivity index (χ3v) is 5.91. The Balaban J connectivity index is 1.36. The van der Waals surface area contributed by atoms with Crippen LogP contribution in [0.2, 0.25) is 0 Å². The molecule has 6 heteroatoms. The molecular formula is C23H26N6. The minimum absolute atomic E-state index is 0.603. The molecule has 0 spiro atoms. The van der Waals surface area contributed by atoms with Gasteiger partial charge in [0, 0.05) is 30.6 Å². The van der Waals surface area contributed by atoms with Crippen LogP contribution in [0.25, 0.3) is 16.6 Å². The van der Waals surface area contributed by atoms with Crippen LogP contribution in [0.1, 0.15) is 31.0 Å². The maximum Gasteiger partial charge on any atom is 0.153 e. The fourth-order valence-electron chi connectivity index (χ4n) is 4.34. The second-order valence-electron chi connectivity index (χ2n) is 7.75. The highest BCUT2D eigenvalue weighted by Crippen LogP contribution is 2.19. The van der Waals surface area contributed by atoms with Crippen LogP contribution in [-0.4, -0.2) is 50.2 Å². The van der Waals surface area contributed by atoms with E-state index in [1.165, 1.54) is 24.9 Å². The number of aromatic nitrogens is 4. The molecule has 0 amide bonds. The Morgan fingerprint density at radius 1 is 1.14 bits per heavy atom. The number of likely N-dealkylation sites (tertiary alicyclic amines) is 1. The summed E-state index contributed by atoms with van der Waals surface area (Å²) < 4.78 is 1.96. The maximum absolute atomic E-state index is 4.82. The van der Waals surface area contributed by atoms with Gasteiger partial charge in [-0.05, 0) is 61.8 Å². The molecule has 1 atom stereocenters. The molecule has 0 saturated carbocycles. The van der Waals surface area contributed by atoms with E-state index in [1.54, 1.807) is 0 Å². The highest BCUT2D eigenvalue weighted by molar-refractivity contribution is 5.79. The lowest BCUT2D eigenvalue weighted by molar-refractivity contribution is 0.277. The van der Waals surface area contributed by atoms with E-state index in [0.717, 1.165) is 47.6 Å². The molecule has 0 radical (unpaired) electrons. The summed E-state index contributed by atoms with van der Waals surface area (Å²) in [6, 6.07) is 15.2. The summed E-state index contributed by atoms with van der Waals surface area (Å²) >= 11 is 0. The maximum atomic E-state index is 4.82. The molecule has 4 aromatic rings. The van der Waals surface area contributed by atoms with Crippen molar-refractivity contribution in [2.45, 2.75) is 32.2 Å². The number of rotatable bonds is 6. The van der Waals surface area contributed by atoms with Crippen molar-refractivity contribution >= 4 is 22.4 Å². The Bertz CT molecular complexity index is 1130. The van der Waals surface area contributed by atoms with Crippen molar-refractivity contribution in [3.05, 3.63) is 66.1 Å². The Hall–Kier alpha value is -2.99. The first-order chi connectivity index (χ1) is 14.3. The van der Waals surface area contributed by atoms with Crippen LogP contribution in [0.15, 0.2) is 54.9 Å². The van der Waals surface area contributed by atoms with Crippen LogP contribution >= 0.6 is 0 Å². The normalized spacial score (nSPS) is 17.3. The van der Waals surface area contributed by atoms with Gasteiger partial charge in [-0.15, -0.1) is 5.10 Å². The molecular weight excluding hydrogens is 360 g/mol. The summed E-state index contributed by atoms with van der Waals surface area (Å²) in [4.78, 5) is 11.5. The van der Waals surface area contributed by atoms with Crippen molar-refractivity contribution in [1.82, 2.24) is 24.5 Å². The van der Waals surface area contributed by atoms with Crippen LogP contribution in [0, 0.1) is 0 Å². The first-order valence-electron chi connectivity index (χ1n) is 10.5. The van der Waals surface area contributed by atoms with Gasteiger partial charge in [0.15, 0.2) is 5.65 Å². The first-order valence-corrected chi connectivity index (χ1v) is 10.5. The van der Waals surface area contributed by atoms with Gasteiger partial charge in [-0.1, -0.05) is 19.1 Å². The molecule has 1 unspecified atom stereocenters. The predicted octanol–water partition coefficient (Wildman–Crippen LogP) is 3.76. The number of anilines is 1. The number of nitrogens with one attached hydrogen (secondary N) is 1. The fraction of sp³-hybridized carbons (Fsp3) is 0.348. The molecule has 29 heavy (non-hydrogen) atoms. The number of pyridine rings is 1. The molecule has 0 bridgehead atoms. The third-order valence-electron chi connectivity index (χ3n) is 5.91. The van der Waals surface area contributed by atoms with Crippen LogP contribution < -0.4 is 5.32 Å². The number of benzene rings is 1. The molecule has 1 fully saturated rings. The minimum atomic E-state index is 0.603. The summed E-state index contributed by atoms with van der Waals surface area (Å²) in [6.07, 6.45) is 7.09. The number of imidazole rings is 1. The zero-order valence-electron chi connectivity index (χ0n) is 16.8. The van der Waals surface area contributed by atoms with E-state index in [2.05, 4.69) is 51.4 Å². The molecule has 3 aromatic heterocycles. The zero-order valence-corrected chi connectivity index (χ0v) is 16.8. The second kappa shape index (κ2) is 7.79. The van der Waals surface area contributed by atoms with Crippen molar-refractivity contribution in [1.29, 1.82) is 0 Å². The molecule has 6 nitrogen and oxygen atoms in total. The van der Waals surface area contributed by atoms with Crippen molar-refractivity contribution < 1.29 is 0 Å². The standard InChI is InChI=1S/C23H26N6/c1-2-28-12-4-6-19(28)15-25-22-9-10-23-26-16-20(29(23)27-22)14-17-7-8-21-18(13-17)5-3-11-24-21/h3,5,7-11,13,16,19H,2,4,6,12,14-15H2,1H3,(H,25,27). The van der Waals surface area contributed by atoms with E-state index in [4.69, 9.17) is 5.10 Å². The average molecular weight is 387 g/mol. The van der Waals surface area contributed by atoms with Crippen molar-refractivity contribution in [3.63, 3.8) is 0 Å². The molecule has 1 aliphatic rings. The largest absolute Gasteiger partial charge is 0.367 e. The van der Waals surface area contributed by atoms with Crippen molar-refractivity contribution in [3.8, 4) is 0 Å². The molecule has 1 saturated heterocycles. The van der Waals surface area contributed by atoms with Crippen LogP contribution in [0.4, 0.5) is 5.82 Å². The smallest absolute Gasteiger partial charge is 0.153 e. The number of hydrogen-bond acceptors (Lipinski definition) is 5. The lowest BCUT2D eigenvalue weighted by Gasteiger charge is -2.23. The minimum Gasteiger partial charge on any atom is -0.367 e. The van der Waals surface area contributed by atoms with Crippen LogP contribution in [0.5, 0.6) is 0 Å². The molecule has 148 valence electrons. The van der Waals surface area contributed by atoms with Gasteiger partial charge < -0.3 is 5.32 Å². The van der Waals surface area contributed by atoms with Crippen molar-refractivity contribution in [2.75, 3.05) is 25.0 Å². The van der Waals surface area contributed by atoms with E-state index in [1.807, 2.05) is 35.1 Å². The lowest BCUT2D eigenvalue weighted by atomic mass is 10.1. The number of fused-ring (bicyclic) bond motifs is 2. The van der Waals surface area contributed by atoms with E-state index < -0.39 is 0 Å². The van der Waals surface area contributed by atoms with Gasteiger partial charge in [0.25, 0.3) is 0 Å². The van der Waals surface area contributed by atoms with E-state index in [-0.39, 0.29) is 0 Å². The third kappa shape index (κ3) is 3.68. The summed E-state index contributed by atoms with van der Waals surface area (Å²) in [6.45, 7) is 5.51. The van der Waals surface area contributed by atoms with E-state index >= 15 is 0 Å². The zero-order chi connectivity index (χ0) is 19.6. The summed E-state index contributed by atoms with van der Waals surface area (Å²) in [5.41, 5.74) is 4.22. The average Bonchev–Trinajstić information content (AvgIpc) is 3.38. The number of hydrogen-bond donors (Lipinski definition) is 1. The SMILES string of the molecule is CCN1CCCC1CNc1ccc2ncc(Cc3ccc4ncccc4c3)n2n1. The Morgan fingerprint density at radius 3 is 3.03 bits per heavy atom. The van der Waals surface area contributed by atoms with Gasteiger partial charge in [-0.25, -0.2) is 9.50 Å². The van der Waals surface area contributed by atoms with E-state index in [9.17, 15) is 0 Å². The summed E-state index contributed by atoms with van der Waals surface area (Å²) in [5.74, 6) is 0.905. The highest BCUT2D eigenvalue weighted by Gasteiger charge is 2.22. The fourth-order valence-corrected chi connectivity index (χ4v) is 4.34. The monoisotopic (exact) mass is 386 g/mol. The summed E-state index contributed by atoms with van der Waals surface area (Å²) in [5, 5.41) is 9.51. The van der Waals surface area contributed by atoms with Crippen molar-refractivity contribution in [2.24, 2.45) is 0 Å². The highest BCUT2D eigenvalue weighted by atomic mass is 15.3. The van der Waals surface area contributed by atoms with Gasteiger partial charge in [0.1, 0.15) is 5.82 Å². The van der Waals surface area contributed by atoms with Crippen LogP contribution in [0.3, 0.4) is 0 Å². The molecule has 0 aliphatic carbocycles. The number of likely N-dealkylation sites (N-methyl/N-ethyl adjacent to an activating group) is 1. The van der Waals surface area contributed by atoms with E-state index in [0.29, 0.717) is 6.04 Å². The predicted molar refractivity (Wildman–Crippen MR) is 116 cm³/mol. The Labute approximate surface area is 170 Å². The Morgan fingerprint density at radius 2 is 2.10 bits per heavy atom. The molecule has 4 heterocycles. The molecule has 1 N–H and O–H groups in total. The topological polar surface area (TPSA) is 58.3 Å². The Kier molecular flexibility index (Phi) is 4.86. The quantitative estimate of drug-likeness (QED) is 0.547. The lowest BCUT2D eigenvalue weighted by Crippen LogP contribution is -2.34. The van der Waals surface area contributed by atoms with Crippen LogP contribution in [-0.2, 0) is 6.42 Å². The van der Waals surface area contributed by atoms with Gasteiger partial charge in [-0.3, -0.25) is 9.88 Å². The molecule has 5 rings (SSSR count).